The molecule has 1 aliphatic rings. The average Bonchev–Trinajstić information content (AvgIpc) is 3.34. The zero-order chi connectivity index (χ0) is 17.1. The van der Waals surface area contributed by atoms with Crippen molar-refractivity contribution in [3.63, 3.8) is 0 Å². The predicted octanol–water partition coefficient (Wildman–Crippen LogP) is 3.45. The second-order valence-electron chi connectivity index (χ2n) is 6.09. The van der Waals surface area contributed by atoms with Crippen LogP contribution in [0.25, 0.3) is 11.3 Å². The lowest BCUT2D eigenvalue weighted by molar-refractivity contribution is 0.0793. The van der Waals surface area contributed by atoms with E-state index in [9.17, 15) is 4.79 Å². The number of rotatable bonds is 4. The Labute approximate surface area is 145 Å². The van der Waals surface area contributed by atoms with Crippen LogP contribution in [0.5, 0.6) is 0 Å². The minimum absolute atomic E-state index is 0.0648. The Hall–Kier alpha value is -3.15. The number of hydrogen-bond acceptors (Lipinski definition) is 4. The molecule has 0 spiro atoms. The van der Waals surface area contributed by atoms with Crippen LogP contribution in [0.15, 0.2) is 54.7 Å². The van der Waals surface area contributed by atoms with E-state index in [0.717, 1.165) is 37.2 Å². The lowest BCUT2D eigenvalue weighted by Gasteiger charge is -2.15. The number of amides is 1. The van der Waals surface area contributed by atoms with Gasteiger partial charge in [0.1, 0.15) is 5.82 Å². The van der Waals surface area contributed by atoms with E-state index in [1.54, 1.807) is 18.3 Å². The third-order valence-electron chi connectivity index (χ3n) is 4.32. The molecular weight excluding hydrogens is 314 g/mol. The van der Waals surface area contributed by atoms with Crippen molar-refractivity contribution in [1.82, 2.24) is 20.1 Å². The van der Waals surface area contributed by atoms with E-state index in [2.05, 4.69) is 20.5 Å². The van der Waals surface area contributed by atoms with Crippen LogP contribution in [0.4, 0.5) is 11.6 Å². The highest BCUT2D eigenvalue weighted by Crippen LogP contribution is 2.22. The summed E-state index contributed by atoms with van der Waals surface area (Å²) in [5.74, 6) is 1.34. The van der Waals surface area contributed by atoms with E-state index >= 15 is 0 Å². The third-order valence-corrected chi connectivity index (χ3v) is 4.32. The number of likely N-dealkylation sites (tertiary alicyclic amines) is 1. The van der Waals surface area contributed by atoms with Crippen molar-refractivity contribution in [3.05, 3.63) is 60.3 Å². The van der Waals surface area contributed by atoms with Crippen molar-refractivity contribution < 1.29 is 4.79 Å². The number of pyridine rings is 1. The van der Waals surface area contributed by atoms with Gasteiger partial charge in [-0.25, -0.2) is 4.98 Å². The van der Waals surface area contributed by atoms with Crippen LogP contribution in [0, 0.1) is 0 Å². The molecule has 1 fully saturated rings. The van der Waals surface area contributed by atoms with Gasteiger partial charge < -0.3 is 10.2 Å². The van der Waals surface area contributed by atoms with Crippen molar-refractivity contribution in [3.8, 4) is 11.3 Å². The van der Waals surface area contributed by atoms with Gasteiger partial charge in [0.25, 0.3) is 5.91 Å². The molecule has 4 rings (SSSR count). The average molecular weight is 333 g/mol. The number of carbonyl (C=O) groups excluding carboxylic acids is 1. The van der Waals surface area contributed by atoms with Gasteiger partial charge in [-0.15, -0.1) is 0 Å². The molecule has 25 heavy (non-hydrogen) atoms. The van der Waals surface area contributed by atoms with Gasteiger partial charge in [0.2, 0.25) is 0 Å². The van der Waals surface area contributed by atoms with Gasteiger partial charge in [0, 0.05) is 30.9 Å². The Morgan fingerprint density at radius 1 is 1.04 bits per heavy atom. The van der Waals surface area contributed by atoms with Crippen molar-refractivity contribution in [2.45, 2.75) is 12.8 Å². The second-order valence-corrected chi connectivity index (χ2v) is 6.09. The predicted molar refractivity (Wildman–Crippen MR) is 96.7 cm³/mol. The monoisotopic (exact) mass is 333 g/mol. The first-order valence-electron chi connectivity index (χ1n) is 8.43. The Morgan fingerprint density at radius 3 is 2.64 bits per heavy atom. The highest BCUT2D eigenvalue weighted by atomic mass is 16.2. The van der Waals surface area contributed by atoms with Crippen molar-refractivity contribution in [2.24, 2.45) is 0 Å². The molecule has 126 valence electrons. The number of nitrogens with zero attached hydrogens (tertiary/aromatic N) is 3. The first-order chi connectivity index (χ1) is 12.3. The SMILES string of the molecule is O=C(c1ccnc(Nc2cc(-c3ccccc3)[nH]n2)c1)N1CCCC1. The molecule has 6 nitrogen and oxygen atoms in total. The van der Waals surface area contributed by atoms with E-state index in [1.165, 1.54) is 0 Å². The molecule has 0 saturated carbocycles. The molecule has 2 aromatic heterocycles. The van der Waals surface area contributed by atoms with Gasteiger partial charge in [0.05, 0.1) is 5.69 Å². The van der Waals surface area contributed by atoms with Crippen LogP contribution in [0.2, 0.25) is 0 Å². The third kappa shape index (κ3) is 3.38. The number of nitrogens with one attached hydrogen (secondary N) is 2. The van der Waals surface area contributed by atoms with Crippen LogP contribution in [0.3, 0.4) is 0 Å². The van der Waals surface area contributed by atoms with E-state index in [0.29, 0.717) is 17.2 Å². The molecule has 2 N–H and O–H groups in total. The van der Waals surface area contributed by atoms with Crippen molar-refractivity contribution >= 4 is 17.5 Å². The number of aromatic amines is 1. The fourth-order valence-corrected chi connectivity index (χ4v) is 3.02. The van der Waals surface area contributed by atoms with Crippen LogP contribution >= 0.6 is 0 Å². The number of aromatic nitrogens is 3. The largest absolute Gasteiger partial charge is 0.339 e. The normalized spacial score (nSPS) is 13.8. The molecule has 6 heteroatoms. The number of benzene rings is 1. The van der Waals surface area contributed by atoms with Gasteiger partial charge in [-0.2, -0.15) is 5.10 Å². The summed E-state index contributed by atoms with van der Waals surface area (Å²) in [5.41, 5.74) is 2.64. The van der Waals surface area contributed by atoms with Gasteiger partial charge >= 0.3 is 0 Å². The lowest BCUT2D eigenvalue weighted by Crippen LogP contribution is -2.27. The van der Waals surface area contributed by atoms with E-state index < -0.39 is 0 Å². The molecule has 0 atom stereocenters. The smallest absolute Gasteiger partial charge is 0.254 e. The molecule has 0 bridgehead atoms. The quantitative estimate of drug-likeness (QED) is 0.767. The summed E-state index contributed by atoms with van der Waals surface area (Å²) in [4.78, 5) is 18.7. The lowest BCUT2D eigenvalue weighted by atomic mass is 10.1. The highest BCUT2D eigenvalue weighted by Gasteiger charge is 2.19. The Balaban J connectivity index is 1.50. The van der Waals surface area contributed by atoms with E-state index in [1.807, 2.05) is 41.3 Å². The Morgan fingerprint density at radius 2 is 1.84 bits per heavy atom. The maximum absolute atomic E-state index is 12.5. The molecule has 3 heterocycles. The molecule has 0 unspecified atom stereocenters. The van der Waals surface area contributed by atoms with Gasteiger partial charge in [-0.05, 0) is 30.5 Å². The molecule has 0 aliphatic carbocycles. The second kappa shape index (κ2) is 6.76. The van der Waals surface area contributed by atoms with Crippen LogP contribution < -0.4 is 5.32 Å². The number of carbonyl (C=O) groups is 1. The zero-order valence-electron chi connectivity index (χ0n) is 13.8. The molecular formula is C19H19N5O. The maximum Gasteiger partial charge on any atom is 0.254 e. The Bertz CT molecular complexity index is 868. The standard InChI is InChI=1S/C19H19N5O/c25-19(24-10-4-5-11-24)15-8-9-20-17(12-15)21-18-13-16(22-23-18)14-6-2-1-3-7-14/h1-3,6-9,12-13H,4-5,10-11H2,(H2,20,21,22,23). The Kier molecular flexibility index (Phi) is 4.16. The highest BCUT2D eigenvalue weighted by molar-refractivity contribution is 5.95. The summed E-state index contributed by atoms with van der Waals surface area (Å²) in [6.45, 7) is 1.67. The summed E-state index contributed by atoms with van der Waals surface area (Å²) in [6.07, 6.45) is 3.81. The van der Waals surface area contributed by atoms with E-state index in [4.69, 9.17) is 0 Å². The van der Waals surface area contributed by atoms with Gasteiger partial charge in [-0.3, -0.25) is 9.89 Å². The van der Waals surface area contributed by atoms with Gasteiger partial charge in [-0.1, -0.05) is 30.3 Å². The number of anilines is 2. The zero-order valence-corrected chi connectivity index (χ0v) is 13.8. The molecule has 1 amide bonds. The van der Waals surface area contributed by atoms with E-state index in [-0.39, 0.29) is 5.91 Å². The van der Waals surface area contributed by atoms with Crippen LogP contribution in [-0.4, -0.2) is 39.1 Å². The topological polar surface area (TPSA) is 73.9 Å². The summed E-state index contributed by atoms with van der Waals surface area (Å²) >= 11 is 0. The fourth-order valence-electron chi connectivity index (χ4n) is 3.02. The van der Waals surface area contributed by atoms with Crippen LogP contribution in [0.1, 0.15) is 23.2 Å². The summed E-state index contributed by atoms with van der Waals surface area (Å²) < 4.78 is 0. The minimum Gasteiger partial charge on any atom is -0.339 e. The van der Waals surface area contributed by atoms with Gasteiger partial charge in [0.15, 0.2) is 5.82 Å². The molecule has 1 aliphatic heterocycles. The minimum atomic E-state index is 0.0648. The summed E-state index contributed by atoms with van der Waals surface area (Å²) in [5, 5.41) is 10.4. The van der Waals surface area contributed by atoms with Crippen molar-refractivity contribution in [1.29, 1.82) is 0 Å². The number of H-pyrrole nitrogens is 1. The number of hydrogen-bond donors (Lipinski definition) is 2. The molecule has 1 saturated heterocycles. The summed E-state index contributed by atoms with van der Waals surface area (Å²) in [7, 11) is 0. The molecule has 0 radical (unpaired) electrons. The first-order valence-corrected chi connectivity index (χ1v) is 8.43. The fraction of sp³-hybridized carbons (Fsp3) is 0.211. The molecule has 3 aromatic rings. The maximum atomic E-state index is 12.5. The summed E-state index contributed by atoms with van der Waals surface area (Å²) in [6, 6.07) is 15.4. The molecule has 1 aromatic carbocycles. The van der Waals surface area contributed by atoms with Crippen LogP contribution in [-0.2, 0) is 0 Å². The van der Waals surface area contributed by atoms with Crippen molar-refractivity contribution in [2.75, 3.05) is 18.4 Å². The first kappa shape index (κ1) is 15.4.